The van der Waals surface area contributed by atoms with Crippen molar-refractivity contribution in [2.45, 2.75) is 6.92 Å². The van der Waals surface area contributed by atoms with E-state index in [-0.39, 0.29) is 29.9 Å². The van der Waals surface area contributed by atoms with Crippen LogP contribution in [0.2, 0.25) is 5.02 Å². The molecule has 0 atom stereocenters. The van der Waals surface area contributed by atoms with Crippen molar-refractivity contribution in [3.63, 3.8) is 0 Å². The summed E-state index contributed by atoms with van der Waals surface area (Å²) < 4.78 is 10.8. The van der Waals surface area contributed by atoms with Crippen molar-refractivity contribution in [2.24, 2.45) is 4.99 Å². The third kappa shape index (κ3) is 8.39. The van der Waals surface area contributed by atoms with Crippen molar-refractivity contribution >= 4 is 47.4 Å². The summed E-state index contributed by atoms with van der Waals surface area (Å²) >= 11 is 5.86. The molecule has 0 saturated carbocycles. The van der Waals surface area contributed by atoms with Crippen LogP contribution in [0.1, 0.15) is 17.5 Å². The molecule has 28 heavy (non-hydrogen) atoms. The molecule has 0 spiro atoms. The van der Waals surface area contributed by atoms with Gasteiger partial charge in [0.2, 0.25) is 0 Å². The molecule has 1 aromatic carbocycles. The first-order valence-corrected chi connectivity index (χ1v) is 9.17. The number of furan rings is 1. The van der Waals surface area contributed by atoms with Crippen LogP contribution >= 0.6 is 35.6 Å². The molecule has 1 aromatic heterocycles. The lowest BCUT2D eigenvalue weighted by Crippen LogP contribution is -2.41. The summed E-state index contributed by atoms with van der Waals surface area (Å²) in [4.78, 5) is 18.3. The molecule has 0 aliphatic heterocycles. The van der Waals surface area contributed by atoms with Crippen LogP contribution in [-0.2, 0) is 0 Å². The minimum absolute atomic E-state index is 0. The van der Waals surface area contributed by atoms with Crippen LogP contribution in [0, 0.1) is 0 Å². The van der Waals surface area contributed by atoms with Gasteiger partial charge in [-0.2, -0.15) is 0 Å². The molecule has 0 bridgehead atoms. The Morgan fingerprint density at radius 1 is 1.25 bits per heavy atom. The fraction of sp³-hybridized carbons (Fsp3) is 0.368. The molecule has 0 saturated heterocycles. The van der Waals surface area contributed by atoms with E-state index in [1.165, 1.54) is 6.26 Å². The van der Waals surface area contributed by atoms with Gasteiger partial charge in [-0.05, 0) is 43.3 Å². The molecule has 1 amide bonds. The lowest BCUT2D eigenvalue weighted by molar-refractivity contribution is 0.0927. The highest BCUT2D eigenvalue weighted by atomic mass is 127. The third-order valence-corrected chi connectivity index (χ3v) is 3.86. The van der Waals surface area contributed by atoms with E-state index < -0.39 is 0 Å². The molecule has 0 radical (unpaired) electrons. The quantitative estimate of drug-likeness (QED) is 0.230. The average molecular weight is 521 g/mol. The minimum Gasteiger partial charge on any atom is -0.492 e. The van der Waals surface area contributed by atoms with Gasteiger partial charge in [-0.25, -0.2) is 0 Å². The first-order chi connectivity index (χ1) is 13.1. The Hall–Kier alpha value is -1.94. The summed E-state index contributed by atoms with van der Waals surface area (Å²) in [6.07, 6.45) is 1.47. The van der Waals surface area contributed by atoms with Gasteiger partial charge < -0.3 is 24.7 Å². The van der Waals surface area contributed by atoms with Gasteiger partial charge in [0, 0.05) is 25.2 Å². The maximum Gasteiger partial charge on any atom is 0.287 e. The van der Waals surface area contributed by atoms with Gasteiger partial charge in [-0.15, -0.1) is 24.0 Å². The molecular formula is C19H26ClIN4O3. The SMILES string of the molecule is CCNC(=NCCNC(=O)c1ccco1)N(C)CCOc1ccc(Cl)cc1.I. The molecule has 0 unspecified atom stereocenters. The summed E-state index contributed by atoms with van der Waals surface area (Å²) in [7, 11) is 1.94. The number of hydrogen-bond acceptors (Lipinski definition) is 4. The Kier molecular flexibility index (Phi) is 11.4. The van der Waals surface area contributed by atoms with Crippen LogP contribution in [0.4, 0.5) is 0 Å². The molecule has 0 fully saturated rings. The van der Waals surface area contributed by atoms with Gasteiger partial charge in [0.15, 0.2) is 11.7 Å². The minimum atomic E-state index is -0.245. The highest BCUT2D eigenvalue weighted by Crippen LogP contribution is 2.15. The van der Waals surface area contributed by atoms with Crippen LogP contribution in [0.5, 0.6) is 5.75 Å². The van der Waals surface area contributed by atoms with Gasteiger partial charge >= 0.3 is 0 Å². The van der Waals surface area contributed by atoms with E-state index in [0.29, 0.717) is 37.0 Å². The van der Waals surface area contributed by atoms with Crippen molar-refractivity contribution in [1.29, 1.82) is 0 Å². The summed E-state index contributed by atoms with van der Waals surface area (Å²) in [5.41, 5.74) is 0. The van der Waals surface area contributed by atoms with Crippen molar-refractivity contribution in [3.8, 4) is 5.75 Å². The van der Waals surface area contributed by atoms with Crippen molar-refractivity contribution in [3.05, 3.63) is 53.4 Å². The van der Waals surface area contributed by atoms with Crippen LogP contribution in [0.3, 0.4) is 0 Å². The zero-order valence-electron chi connectivity index (χ0n) is 16.0. The Morgan fingerprint density at radius 3 is 2.64 bits per heavy atom. The zero-order valence-corrected chi connectivity index (χ0v) is 19.1. The number of carbonyl (C=O) groups is 1. The first kappa shape index (κ1) is 24.1. The number of benzene rings is 1. The fourth-order valence-electron chi connectivity index (χ4n) is 2.23. The number of hydrogen-bond donors (Lipinski definition) is 2. The largest absolute Gasteiger partial charge is 0.492 e. The van der Waals surface area contributed by atoms with Gasteiger partial charge in [0.1, 0.15) is 12.4 Å². The van der Waals surface area contributed by atoms with E-state index >= 15 is 0 Å². The number of ether oxygens (including phenoxy) is 1. The number of rotatable bonds is 9. The lowest BCUT2D eigenvalue weighted by Gasteiger charge is -2.22. The molecule has 2 N–H and O–H groups in total. The molecule has 2 aromatic rings. The van der Waals surface area contributed by atoms with Crippen molar-refractivity contribution in [2.75, 3.05) is 39.8 Å². The van der Waals surface area contributed by atoms with E-state index in [2.05, 4.69) is 15.6 Å². The Labute approximate surface area is 187 Å². The molecule has 2 rings (SSSR count). The van der Waals surface area contributed by atoms with E-state index in [0.717, 1.165) is 18.3 Å². The second kappa shape index (κ2) is 13.3. The fourth-order valence-corrected chi connectivity index (χ4v) is 2.36. The molecule has 0 aliphatic rings. The highest BCUT2D eigenvalue weighted by Gasteiger charge is 2.08. The summed E-state index contributed by atoms with van der Waals surface area (Å²) in [6, 6.07) is 10.6. The monoisotopic (exact) mass is 520 g/mol. The number of nitrogens with one attached hydrogen (secondary N) is 2. The predicted molar refractivity (Wildman–Crippen MR) is 122 cm³/mol. The van der Waals surface area contributed by atoms with Crippen LogP contribution in [0.15, 0.2) is 52.1 Å². The maximum absolute atomic E-state index is 11.8. The van der Waals surface area contributed by atoms with Crippen LogP contribution in [-0.4, -0.2) is 56.6 Å². The number of nitrogens with zero attached hydrogens (tertiary/aromatic N) is 2. The molecule has 0 aliphatic carbocycles. The average Bonchev–Trinajstić information content (AvgIpc) is 3.20. The normalized spacial score (nSPS) is 10.8. The Morgan fingerprint density at radius 2 is 2.00 bits per heavy atom. The second-order valence-electron chi connectivity index (χ2n) is 5.69. The number of carbonyl (C=O) groups excluding carboxylic acids is 1. The number of likely N-dealkylation sites (N-methyl/N-ethyl adjacent to an activating group) is 1. The zero-order chi connectivity index (χ0) is 19.5. The van der Waals surface area contributed by atoms with E-state index in [4.69, 9.17) is 20.8 Å². The highest BCUT2D eigenvalue weighted by molar-refractivity contribution is 14.0. The Balaban J connectivity index is 0.00000392. The van der Waals surface area contributed by atoms with E-state index in [9.17, 15) is 4.79 Å². The van der Waals surface area contributed by atoms with Crippen LogP contribution in [0.25, 0.3) is 0 Å². The van der Waals surface area contributed by atoms with Gasteiger partial charge in [-0.1, -0.05) is 11.6 Å². The number of amides is 1. The topological polar surface area (TPSA) is 79.1 Å². The number of guanidine groups is 1. The first-order valence-electron chi connectivity index (χ1n) is 8.79. The van der Waals surface area contributed by atoms with Crippen molar-refractivity contribution in [1.82, 2.24) is 15.5 Å². The van der Waals surface area contributed by atoms with Gasteiger partial charge in [-0.3, -0.25) is 9.79 Å². The van der Waals surface area contributed by atoms with Crippen molar-refractivity contribution < 1.29 is 13.9 Å². The molecule has 9 heteroatoms. The maximum atomic E-state index is 11.8. The summed E-state index contributed by atoms with van der Waals surface area (Å²) in [6.45, 7) is 4.80. The van der Waals surface area contributed by atoms with Crippen LogP contribution < -0.4 is 15.4 Å². The molecule has 7 nitrogen and oxygen atoms in total. The molecule has 1 heterocycles. The summed E-state index contributed by atoms with van der Waals surface area (Å²) in [5, 5.41) is 6.68. The molecular weight excluding hydrogens is 495 g/mol. The number of halogens is 2. The molecule has 154 valence electrons. The lowest BCUT2D eigenvalue weighted by atomic mass is 10.3. The van der Waals surface area contributed by atoms with E-state index in [1.807, 2.05) is 31.0 Å². The summed E-state index contributed by atoms with van der Waals surface area (Å²) in [5.74, 6) is 1.58. The standard InChI is InChI=1S/C19H25ClN4O3.HI/c1-3-21-19(23-11-10-22-18(25)17-5-4-13-27-17)24(2)12-14-26-16-8-6-15(20)7-9-16;/h4-9,13H,3,10-12,14H2,1-2H3,(H,21,23)(H,22,25);1H. The Bertz CT molecular complexity index is 723. The van der Waals surface area contributed by atoms with Gasteiger partial charge in [0.05, 0.1) is 19.4 Å². The number of aliphatic imine (C=N–C) groups is 1. The van der Waals surface area contributed by atoms with E-state index in [1.54, 1.807) is 24.3 Å². The van der Waals surface area contributed by atoms with Gasteiger partial charge in [0.25, 0.3) is 5.91 Å². The smallest absolute Gasteiger partial charge is 0.287 e. The second-order valence-corrected chi connectivity index (χ2v) is 6.13. The predicted octanol–water partition coefficient (Wildman–Crippen LogP) is 3.26. The third-order valence-electron chi connectivity index (χ3n) is 3.61.